The number of para-hydroxylation sites is 1. The second kappa shape index (κ2) is 7.31. The van der Waals surface area contributed by atoms with Gasteiger partial charge in [-0.25, -0.2) is 0 Å². The van der Waals surface area contributed by atoms with E-state index in [9.17, 15) is 4.79 Å². The van der Waals surface area contributed by atoms with Gasteiger partial charge in [0.1, 0.15) is 5.75 Å². The summed E-state index contributed by atoms with van der Waals surface area (Å²) in [4.78, 5) is 14.5. The number of hydrogen-bond donors (Lipinski definition) is 0. The van der Waals surface area contributed by atoms with Gasteiger partial charge in [-0.3, -0.25) is 9.48 Å². The maximum Gasteiger partial charge on any atom is 0.257 e. The van der Waals surface area contributed by atoms with Crippen molar-refractivity contribution in [1.29, 1.82) is 0 Å². The lowest BCUT2D eigenvalue weighted by Crippen LogP contribution is -2.27. The number of rotatable bonds is 6. The van der Waals surface area contributed by atoms with Crippen LogP contribution in [0, 0.1) is 13.8 Å². The van der Waals surface area contributed by atoms with E-state index >= 15 is 0 Å². The van der Waals surface area contributed by atoms with E-state index in [1.165, 1.54) is 0 Å². The molecule has 0 unspecified atom stereocenters. The molecule has 0 N–H and O–H groups in total. The van der Waals surface area contributed by atoms with Crippen molar-refractivity contribution < 1.29 is 9.53 Å². The quantitative estimate of drug-likeness (QED) is 0.822. The number of nitrogens with zero attached hydrogens (tertiary/aromatic N) is 3. The van der Waals surface area contributed by atoms with Crippen molar-refractivity contribution in [2.45, 2.75) is 40.8 Å². The van der Waals surface area contributed by atoms with Crippen molar-refractivity contribution in [1.82, 2.24) is 14.7 Å². The first-order chi connectivity index (χ1) is 11.0. The molecule has 0 aliphatic carbocycles. The summed E-state index contributed by atoms with van der Waals surface area (Å²) in [7, 11) is 1.81. The van der Waals surface area contributed by atoms with E-state index in [1.807, 2.05) is 50.7 Å². The normalized spacial score (nSPS) is 10.7. The molecule has 1 amide bonds. The van der Waals surface area contributed by atoms with Gasteiger partial charge in [0.2, 0.25) is 0 Å². The average molecular weight is 315 g/mol. The van der Waals surface area contributed by atoms with Crippen LogP contribution < -0.4 is 4.74 Å². The highest BCUT2D eigenvalue weighted by atomic mass is 16.5. The number of carbonyl (C=O) groups is 1. The summed E-state index contributed by atoms with van der Waals surface area (Å²) < 4.78 is 7.53. The van der Waals surface area contributed by atoms with Crippen LogP contribution in [0.1, 0.15) is 41.2 Å². The van der Waals surface area contributed by atoms with Crippen LogP contribution >= 0.6 is 0 Å². The molecule has 0 atom stereocenters. The van der Waals surface area contributed by atoms with Gasteiger partial charge < -0.3 is 9.64 Å². The maximum absolute atomic E-state index is 12.8. The number of benzene rings is 1. The number of hydrogen-bond acceptors (Lipinski definition) is 3. The van der Waals surface area contributed by atoms with Gasteiger partial charge in [-0.2, -0.15) is 5.10 Å². The molecule has 1 aromatic carbocycles. The third-order valence-electron chi connectivity index (χ3n) is 3.99. The highest BCUT2D eigenvalue weighted by Gasteiger charge is 2.19. The third-order valence-corrected chi connectivity index (χ3v) is 3.99. The summed E-state index contributed by atoms with van der Waals surface area (Å²) in [6.45, 7) is 9.92. The monoisotopic (exact) mass is 315 g/mol. The Bertz CT molecular complexity index is 692. The molecule has 23 heavy (non-hydrogen) atoms. The molecule has 0 aliphatic heterocycles. The molecular formula is C18H25N3O2. The Kier molecular flexibility index (Phi) is 5.42. The van der Waals surface area contributed by atoms with Gasteiger partial charge in [0.05, 0.1) is 17.9 Å². The zero-order valence-corrected chi connectivity index (χ0v) is 14.6. The third kappa shape index (κ3) is 3.55. The minimum absolute atomic E-state index is 0.0444. The SMILES string of the molecule is CCOc1ccccc1C(=O)N(C)Cc1c(C)nn(CC)c1C. The summed E-state index contributed by atoms with van der Waals surface area (Å²) in [5, 5.41) is 4.51. The Morgan fingerprint density at radius 2 is 1.96 bits per heavy atom. The predicted octanol–water partition coefficient (Wildman–Crippen LogP) is 3.19. The Morgan fingerprint density at radius 1 is 1.26 bits per heavy atom. The molecule has 0 fully saturated rings. The standard InChI is InChI=1S/C18H25N3O2/c1-6-21-14(4)16(13(3)19-21)12-20(5)18(22)15-10-8-9-11-17(15)23-7-2/h8-11H,6-7,12H2,1-5H3. The van der Waals surface area contributed by atoms with Crippen LogP contribution in [0.4, 0.5) is 0 Å². The Balaban J connectivity index is 2.23. The van der Waals surface area contributed by atoms with Gasteiger partial charge in [0, 0.05) is 31.4 Å². The summed E-state index contributed by atoms with van der Waals surface area (Å²) >= 11 is 0. The van der Waals surface area contributed by atoms with Crippen LogP contribution in [0.15, 0.2) is 24.3 Å². The van der Waals surface area contributed by atoms with E-state index in [2.05, 4.69) is 12.0 Å². The number of ether oxygens (including phenoxy) is 1. The first-order valence-corrected chi connectivity index (χ1v) is 7.99. The molecule has 0 saturated carbocycles. The lowest BCUT2D eigenvalue weighted by molar-refractivity contribution is 0.0780. The molecule has 1 heterocycles. The molecule has 2 rings (SSSR count). The minimum Gasteiger partial charge on any atom is -0.493 e. The predicted molar refractivity (Wildman–Crippen MR) is 90.8 cm³/mol. The summed E-state index contributed by atoms with van der Waals surface area (Å²) in [6.07, 6.45) is 0. The van der Waals surface area contributed by atoms with Crippen LogP contribution in [-0.4, -0.2) is 34.2 Å². The first-order valence-electron chi connectivity index (χ1n) is 7.99. The number of aromatic nitrogens is 2. The van der Waals surface area contributed by atoms with E-state index in [0.717, 1.165) is 23.5 Å². The van der Waals surface area contributed by atoms with Gasteiger partial charge in [-0.1, -0.05) is 12.1 Å². The fraction of sp³-hybridized carbons (Fsp3) is 0.444. The van der Waals surface area contributed by atoms with E-state index in [4.69, 9.17) is 4.74 Å². The van der Waals surface area contributed by atoms with E-state index in [1.54, 1.807) is 11.0 Å². The topological polar surface area (TPSA) is 47.4 Å². The second-order valence-corrected chi connectivity index (χ2v) is 5.56. The summed E-state index contributed by atoms with van der Waals surface area (Å²) in [5.74, 6) is 0.585. The Hall–Kier alpha value is -2.30. The smallest absolute Gasteiger partial charge is 0.257 e. The molecule has 0 saturated heterocycles. The molecule has 1 aromatic heterocycles. The summed E-state index contributed by atoms with van der Waals surface area (Å²) in [6, 6.07) is 7.37. The second-order valence-electron chi connectivity index (χ2n) is 5.56. The highest BCUT2D eigenvalue weighted by molar-refractivity contribution is 5.96. The molecular weight excluding hydrogens is 290 g/mol. The Morgan fingerprint density at radius 3 is 2.57 bits per heavy atom. The lowest BCUT2D eigenvalue weighted by atomic mass is 10.1. The lowest BCUT2D eigenvalue weighted by Gasteiger charge is -2.19. The number of aryl methyl sites for hydroxylation is 2. The Labute approximate surface area is 137 Å². The van der Waals surface area contributed by atoms with Crippen molar-refractivity contribution in [3.63, 3.8) is 0 Å². The van der Waals surface area contributed by atoms with Gasteiger partial charge in [-0.05, 0) is 39.8 Å². The van der Waals surface area contributed by atoms with Crippen molar-refractivity contribution in [2.75, 3.05) is 13.7 Å². The molecule has 0 bridgehead atoms. The molecule has 5 heteroatoms. The van der Waals surface area contributed by atoms with E-state index in [-0.39, 0.29) is 5.91 Å². The van der Waals surface area contributed by atoms with E-state index in [0.29, 0.717) is 24.5 Å². The molecule has 124 valence electrons. The molecule has 0 spiro atoms. The highest BCUT2D eigenvalue weighted by Crippen LogP contribution is 2.21. The van der Waals surface area contributed by atoms with Gasteiger partial charge >= 0.3 is 0 Å². The van der Waals surface area contributed by atoms with Crippen molar-refractivity contribution in [3.05, 3.63) is 46.8 Å². The van der Waals surface area contributed by atoms with Crippen LogP contribution in [0.25, 0.3) is 0 Å². The number of carbonyl (C=O) groups excluding carboxylic acids is 1. The van der Waals surface area contributed by atoms with Gasteiger partial charge in [-0.15, -0.1) is 0 Å². The van der Waals surface area contributed by atoms with E-state index < -0.39 is 0 Å². The summed E-state index contributed by atoms with van der Waals surface area (Å²) in [5.41, 5.74) is 3.79. The fourth-order valence-electron chi connectivity index (χ4n) is 2.71. The van der Waals surface area contributed by atoms with Crippen molar-refractivity contribution in [2.24, 2.45) is 0 Å². The minimum atomic E-state index is -0.0444. The zero-order chi connectivity index (χ0) is 17.0. The van der Waals surface area contributed by atoms with Gasteiger partial charge in [0.25, 0.3) is 5.91 Å². The van der Waals surface area contributed by atoms with Crippen LogP contribution in [0.5, 0.6) is 5.75 Å². The van der Waals surface area contributed by atoms with Crippen LogP contribution in [0.2, 0.25) is 0 Å². The largest absolute Gasteiger partial charge is 0.493 e. The molecule has 5 nitrogen and oxygen atoms in total. The number of amides is 1. The van der Waals surface area contributed by atoms with Crippen molar-refractivity contribution >= 4 is 5.91 Å². The van der Waals surface area contributed by atoms with Crippen LogP contribution in [-0.2, 0) is 13.1 Å². The average Bonchev–Trinajstić information content (AvgIpc) is 2.82. The molecule has 2 aromatic rings. The van der Waals surface area contributed by atoms with Crippen molar-refractivity contribution in [3.8, 4) is 5.75 Å². The molecule has 0 aliphatic rings. The first kappa shape index (κ1) is 17.1. The zero-order valence-electron chi connectivity index (χ0n) is 14.6. The van der Waals surface area contributed by atoms with Crippen LogP contribution in [0.3, 0.4) is 0 Å². The fourth-order valence-corrected chi connectivity index (χ4v) is 2.71. The molecule has 0 radical (unpaired) electrons. The van der Waals surface area contributed by atoms with Gasteiger partial charge in [0.15, 0.2) is 0 Å². The maximum atomic E-state index is 12.8.